The van der Waals surface area contributed by atoms with E-state index >= 15 is 0 Å². The van der Waals surface area contributed by atoms with Gasteiger partial charge in [-0.05, 0) is 57.9 Å². The molecule has 2 N–H and O–H groups in total. The van der Waals surface area contributed by atoms with Gasteiger partial charge in [-0.1, -0.05) is 15.9 Å². The molecule has 7 heteroatoms. The van der Waals surface area contributed by atoms with Gasteiger partial charge in [-0.25, -0.2) is 0 Å². The van der Waals surface area contributed by atoms with Crippen LogP contribution in [0.1, 0.15) is 44.2 Å². The van der Waals surface area contributed by atoms with Crippen LogP contribution in [0.2, 0.25) is 0 Å². The average Bonchev–Trinajstić information content (AvgIpc) is 3.14. The zero-order valence-electron chi connectivity index (χ0n) is 15.6. The summed E-state index contributed by atoms with van der Waals surface area (Å²) in [6, 6.07) is 7.20. The van der Waals surface area contributed by atoms with Crippen molar-refractivity contribution in [2.24, 2.45) is 11.8 Å². The van der Waals surface area contributed by atoms with Crippen LogP contribution in [0.5, 0.6) is 0 Å². The van der Waals surface area contributed by atoms with Crippen LogP contribution in [-0.2, 0) is 9.53 Å². The third-order valence-corrected chi connectivity index (χ3v) is 5.12. The zero-order chi connectivity index (χ0) is 19.8. The molecule has 0 aliphatic heterocycles. The maximum atomic E-state index is 12.4. The van der Waals surface area contributed by atoms with Gasteiger partial charge in [-0.2, -0.15) is 0 Å². The molecule has 1 aliphatic rings. The number of aliphatic hydroxyl groups excluding tert-OH is 1. The van der Waals surface area contributed by atoms with E-state index in [0.717, 1.165) is 9.86 Å². The fraction of sp³-hybridized carbons (Fsp3) is 0.500. The monoisotopic (exact) mass is 437 g/mol. The van der Waals surface area contributed by atoms with Gasteiger partial charge in [0.2, 0.25) is 0 Å². The van der Waals surface area contributed by atoms with Crippen molar-refractivity contribution in [1.29, 1.82) is 0 Å². The minimum Gasteiger partial charge on any atom is -0.460 e. The highest BCUT2D eigenvalue weighted by molar-refractivity contribution is 9.10. The quantitative estimate of drug-likeness (QED) is 0.712. The third kappa shape index (κ3) is 4.90. The number of ether oxygens (including phenoxy) is 1. The Kier molecular flexibility index (Phi) is 5.63. The van der Waals surface area contributed by atoms with Crippen LogP contribution >= 0.6 is 15.9 Å². The number of carbonyl (C=O) groups excluding carboxylic acids is 2. The Bertz CT molecular complexity index is 854. The third-order valence-electron chi connectivity index (χ3n) is 4.62. The number of benzene rings is 1. The van der Waals surface area contributed by atoms with Gasteiger partial charge in [-0.15, -0.1) is 0 Å². The summed E-state index contributed by atoms with van der Waals surface area (Å²) in [7, 11) is 0. The molecule has 1 aromatic heterocycles. The summed E-state index contributed by atoms with van der Waals surface area (Å²) in [5.74, 6) is -0.942. The Morgan fingerprint density at radius 1 is 1.30 bits per heavy atom. The second-order valence-corrected chi connectivity index (χ2v) is 8.95. The Balaban J connectivity index is 1.57. The molecule has 1 aromatic carbocycles. The molecule has 27 heavy (non-hydrogen) atoms. The summed E-state index contributed by atoms with van der Waals surface area (Å²) < 4.78 is 11.9. The highest BCUT2D eigenvalue weighted by Gasteiger charge is 2.39. The van der Waals surface area contributed by atoms with Crippen molar-refractivity contribution in [2.45, 2.75) is 45.3 Å². The Hall–Kier alpha value is -1.86. The van der Waals surface area contributed by atoms with E-state index in [-0.39, 0.29) is 36.0 Å². The van der Waals surface area contributed by atoms with E-state index in [1.807, 2.05) is 32.9 Å². The molecule has 1 fully saturated rings. The summed E-state index contributed by atoms with van der Waals surface area (Å²) in [5.41, 5.74) is 0.0826. The van der Waals surface area contributed by atoms with Gasteiger partial charge in [0, 0.05) is 22.3 Å². The Labute approximate surface area is 166 Å². The van der Waals surface area contributed by atoms with E-state index in [2.05, 4.69) is 21.2 Å². The van der Waals surface area contributed by atoms with Gasteiger partial charge < -0.3 is 19.6 Å². The first-order valence-electron chi connectivity index (χ1n) is 9.00. The topological polar surface area (TPSA) is 88.8 Å². The summed E-state index contributed by atoms with van der Waals surface area (Å²) in [4.78, 5) is 24.6. The number of aliphatic hydroxyl groups is 1. The van der Waals surface area contributed by atoms with Crippen molar-refractivity contribution in [3.63, 3.8) is 0 Å². The van der Waals surface area contributed by atoms with E-state index in [1.54, 1.807) is 12.1 Å². The normalized spacial score (nSPS) is 22.8. The largest absolute Gasteiger partial charge is 0.460 e. The van der Waals surface area contributed by atoms with Gasteiger partial charge in [0.25, 0.3) is 5.91 Å². The summed E-state index contributed by atoms with van der Waals surface area (Å²) in [6.07, 6.45) is 0.201. The molecule has 0 spiro atoms. The number of halogens is 1. The first kappa shape index (κ1) is 19.9. The van der Waals surface area contributed by atoms with Crippen LogP contribution in [-0.4, -0.2) is 35.2 Å². The smallest absolute Gasteiger partial charge is 0.309 e. The van der Waals surface area contributed by atoms with Crippen LogP contribution in [0.15, 0.2) is 33.2 Å². The SMILES string of the molecule is CC(C)(C)OC(=O)[C@H]1C[C@@H](CNC(=O)c2cc3cc(Br)ccc3o2)[C@@H](O)C1. The van der Waals surface area contributed by atoms with Crippen LogP contribution < -0.4 is 5.32 Å². The number of nitrogens with one attached hydrogen (secondary N) is 1. The van der Waals surface area contributed by atoms with Crippen molar-refractivity contribution in [1.82, 2.24) is 5.32 Å². The highest BCUT2D eigenvalue weighted by atomic mass is 79.9. The Morgan fingerprint density at radius 3 is 2.74 bits per heavy atom. The van der Waals surface area contributed by atoms with Crippen LogP contribution in [0.4, 0.5) is 0 Å². The van der Waals surface area contributed by atoms with Gasteiger partial charge in [0.05, 0.1) is 12.0 Å². The number of hydrogen-bond donors (Lipinski definition) is 2. The minimum absolute atomic E-state index is 0.190. The highest BCUT2D eigenvalue weighted by Crippen LogP contribution is 2.33. The summed E-state index contributed by atoms with van der Waals surface area (Å²) in [5, 5.41) is 13.9. The molecule has 1 amide bonds. The molecule has 1 aliphatic carbocycles. The number of fused-ring (bicyclic) bond motifs is 1. The lowest BCUT2D eigenvalue weighted by molar-refractivity contribution is -0.160. The van der Waals surface area contributed by atoms with Gasteiger partial charge in [0.1, 0.15) is 11.2 Å². The molecule has 0 bridgehead atoms. The summed E-state index contributed by atoms with van der Waals surface area (Å²) in [6.45, 7) is 5.74. The number of hydrogen-bond acceptors (Lipinski definition) is 5. The van der Waals surface area contributed by atoms with Crippen molar-refractivity contribution < 1.29 is 23.8 Å². The van der Waals surface area contributed by atoms with Gasteiger partial charge >= 0.3 is 5.97 Å². The second-order valence-electron chi connectivity index (χ2n) is 8.03. The molecule has 3 rings (SSSR count). The number of esters is 1. The first-order chi connectivity index (χ1) is 12.6. The van der Waals surface area contributed by atoms with Crippen molar-refractivity contribution in [2.75, 3.05) is 6.54 Å². The van der Waals surface area contributed by atoms with Crippen LogP contribution in [0, 0.1) is 11.8 Å². The van der Waals surface area contributed by atoms with E-state index < -0.39 is 11.7 Å². The first-order valence-corrected chi connectivity index (χ1v) is 9.80. The molecule has 3 atom stereocenters. The molecule has 1 saturated carbocycles. The van der Waals surface area contributed by atoms with Gasteiger partial charge in [0.15, 0.2) is 5.76 Å². The maximum absolute atomic E-state index is 12.4. The number of rotatable bonds is 4. The lowest BCUT2D eigenvalue weighted by Gasteiger charge is -2.22. The molecular weight excluding hydrogens is 414 g/mol. The maximum Gasteiger partial charge on any atom is 0.309 e. The van der Waals surface area contributed by atoms with E-state index in [9.17, 15) is 14.7 Å². The molecule has 6 nitrogen and oxygen atoms in total. The Morgan fingerprint density at radius 2 is 2.04 bits per heavy atom. The van der Waals surface area contributed by atoms with Crippen LogP contribution in [0.3, 0.4) is 0 Å². The molecule has 146 valence electrons. The fourth-order valence-electron chi connectivity index (χ4n) is 3.34. The predicted molar refractivity (Wildman–Crippen MR) is 104 cm³/mol. The van der Waals surface area contributed by atoms with Crippen molar-refractivity contribution >= 4 is 38.8 Å². The number of carbonyl (C=O) groups is 2. The average molecular weight is 438 g/mol. The van der Waals surface area contributed by atoms with Crippen LogP contribution in [0.25, 0.3) is 11.0 Å². The van der Waals surface area contributed by atoms with E-state index in [4.69, 9.17) is 9.15 Å². The van der Waals surface area contributed by atoms with Gasteiger partial charge in [-0.3, -0.25) is 9.59 Å². The second kappa shape index (κ2) is 7.64. The predicted octanol–water partition coefficient (Wildman–Crippen LogP) is 3.65. The summed E-state index contributed by atoms with van der Waals surface area (Å²) >= 11 is 3.39. The standard InChI is InChI=1S/C20H24BrNO5/c1-20(2,3)27-19(25)12-6-13(15(23)8-12)10-22-18(24)17-9-11-7-14(21)4-5-16(11)26-17/h4-5,7,9,12-13,15,23H,6,8,10H2,1-3H3,(H,22,24)/t12-,13-,15-/m0/s1. The minimum atomic E-state index is -0.644. The molecule has 0 saturated heterocycles. The molecule has 0 unspecified atom stereocenters. The molecule has 1 heterocycles. The fourth-order valence-corrected chi connectivity index (χ4v) is 3.72. The lowest BCUT2D eigenvalue weighted by Crippen LogP contribution is -2.32. The molecule has 2 aromatic rings. The lowest BCUT2D eigenvalue weighted by atomic mass is 10.0. The molecule has 0 radical (unpaired) electrons. The number of amides is 1. The number of furan rings is 1. The molecular formula is C20H24BrNO5. The zero-order valence-corrected chi connectivity index (χ0v) is 17.2. The van der Waals surface area contributed by atoms with E-state index in [1.165, 1.54) is 0 Å². The van der Waals surface area contributed by atoms with E-state index in [0.29, 0.717) is 18.4 Å². The van der Waals surface area contributed by atoms with Crippen molar-refractivity contribution in [3.8, 4) is 0 Å². The van der Waals surface area contributed by atoms with Crippen molar-refractivity contribution in [3.05, 3.63) is 34.5 Å².